The summed E-state index contributed by atoms with van der Waals surface area (Å²) in [5.41, 5.74) is 8.23. The van der Waals surface area contributed by atoms with Crippen LogP contribution in [0.15, 0.2) is 30.5 Å². The van der Waals surface area contributed by atoms with E-state index in [0.717, 1.165) is 23.9 Å². The predicted molar refractivity (Wildman–Crippen MR) is 107 cm³/mol. The Balaban J connectivity index is 1.59. The number of benzene rings is 1. The largest absolute Gasteiger partial charge is 0.508 e. The molecule has 2 aromatic heterocycles. The zero-order chi connectivity index (χ0) is 19.7. The molecule has 4 rings (SSSR count). The Hall–Kier alpha value is -2.55. The van der Waals surface area contributed by atoms with Crippen LogP contribution in [0.3, 0.4) is 0 Å². The number of anilines is 2. The highest BCUT2D eigenvalue weighted by Gasteiger charge is 2.29. The second kappa shape index (κ2) is 7.83. The zero-order valence-electron chi connectivity index (χ0n) is 15.2. The summed E-state index contributed by atoms with van der Waals surface area (Å²) in [4.78, 5) is 8.73. The Bertz CT molecular complexity index is 993. The van der Waals surface area contributed by atoms with Gasteiger partial charge in [0.25, 0.3) is 0 Å². The number of nitrogens with one attached hydrogen (secondary N) is 1. The fraction of sp³-hybridized carbons (Fsp3) is 0.368. The molecule has 9 heteroatoms. The molecule has 148 valence electrons. The van der Waals surface area contributed by atoms with Crippen molar-refractivity contribution in [3.05, 3.63) is 41.0 Å². The van der Waals surface area contributed by atoms with Gasteiger partial charge in [-0.15, -0.1) is 0 Å². The first-order valence-electron chi connectivity index (χ1n) is 9.17. The number of aromatic hydroxyl groups is 1. The Labute approximate surface area is 166 Å². The third-order valence-corrected chi connectivity index (χ3v) is 5.17. The standard InChI is InChI=1S/C19H22ClN5O3/c20-12-2-1-11(15(27)9-12)5-7-23-19-24-17-14(6-8-22-18(17)21)25(19)16-4-3-13(10-26)28-16/h1-2,6,8-9,13,16,26-27H,3-5,7,10H2,(H2,21,22)(H,23,24). The van der Waals surface area contributed by atoms with Gasteiger partial charge in [-0.25, -0.2) is 9.97 Å². The quantitative estimate of drug-likeness (QED) is 0.499. The van der Waals surface area contributed by atoms with Gasteiger partial charge >= 0.3 is 0 Å². The first-order valence-corrected chi connectivity index (χ1v) is 9.54. The van der Waals surface area contributed by atoms with Crippen LogP contribution < -0.4 is 11.1 Å². The molecule has 5 N–H and O–H groups in total. The highest BCUT2D eigenvalue weighted by molar-refractivity contribution is 6.30. The average molecular weight is 404 g/mol. The molecule has 2 unspecified atom stereocenters. The van der Waals surface area contributed by atoms with E-state index in [1.807, 2.05) is 10.6 Å². The molecular formula is C19H22ClN5O3. The number of pyridine rings is 1. The maximum atomic E-state index is 10.0. The van der Waals surface area contributed by atoms with Crippen molar-refractivity contribution in [3.8, 4) is 5.75 Å². The smallest absolute Gasteiger partial charge is 0.206 e. The minimum Gasteiger partial charge on any atom is -0.508 e. The highest BCUT2D eigenvalue weighted by atomic mass is 35.5. The number of halogens is 1. The van der Waals surface area contributed by atoms with E-state index in [2.05, 4.69) is 15.3 Å². The first-order chi connectivity index (χ1) is 13.6. The third-order valence-electron chi connectivity index (χ3n) is 4.94. The lowest BCUT2D eigenvalue weighted by Gasteiger charge is -2.18. The maximum absolute atomic E-state index is 10.0. The van der Waals surface area contributed by atoms with Gasteiger partial charge in [0.1, 0.15) is 17.5 Å². The Morgan fingerprint density at radius 2 is 2.18 bits per heavy atom. The molecule has 0 aliphatic carbocycles. The molecule has 3 aromatic rings. The van der Waals surface area contributed by atoms with Gasteiger partial charge in [0, 0.05) is 17.8 Å². The summed E-state index contributed by atoms with van der Waals surface area (Å²) in [5, 5.41) is 23.2. The lowest BCUT2D eigenvalue weighted by molar-refractivity contribution is -0.0195. The van der Waals surface area contributed by atoms with E-state index in [9.17, 15) is 10.2 Å². The number of hydrogen-bond acceptors (Lipinski definition) is 7. The van der Waals surface area contributed by atoms with Crippen molar-refractivity contribution in [2.24, 2.45) is 0 Å². The molecule has 0 saturated carbocycles. The van der Waals surface area contributed by atoms with Crippen LogP contribution >= 0.6 is 11.6 Å². The molecule has 1 aliphatic heterocycles. The van der Waals surface area contributed by atoms with Crippen LogP contribution in [0.1, 0.15) is 24.6 Å². The number of nitrogen functional groups attached to an aromatic ring is 1. The van der Waals surface area contributed by atoms with Gasteiger partial charge in [-0.3, -0.25) is 4.57 Å². The topological polar surface area (TPSA) is 118 Å². The maximum Gasteiger partial charge on any atom is 0.206 e. The number of ether oxygens (including phenoxy) is 1. The molecule has 1 saturated heterocycles. The number of aliphatic hydroxyl groups is 1. The van der Waals surface area contributed by atoms with E-state index < -0.39 is 0 Å². The molecule has 1 aromatic carbocycles. The number of hydrogen-bond donors (Lipinski definition) is 4. The van der Waals surface area contributed by atoms with Crippen LogP contribution in [-0.4, -0.2) is 44.0 Å². The summed E-state index contributed by atoms with van der Waals surface area (Å²) >= 11 is 5.89. The number of nitrogens with zero attached hydrogens (tertiary/aromatic N) is 3. The lowest BCUT2D eigenvalue weighted by Crippen LogP contribution is -2.17. The fourth-order valence-corrected chi connectivity index (χ4v) is 3.69. The molecule has 0 bridgehead atoms. The minimum absolute atomic E-state index is 0.00850. The van der Waals surface area contributed by atoms with Crippen LogP contribution in [0, 0.1) is 0 Å². The van der Waals surface area contributed by atoms with Crippen molar-refractivity contribution in [1.82, 2.24) is 14.5 Å². The Morgan fingerprint density at radius 3 is 2.93 bits per heavy atom. The van der Waals surface area contributed by atoms with E-state index in [-0.39, 0.29) is 24.7 Å². The SMILES string of the molecule is Nc1nccc2c1nc(NCCc1ccc(Cl)cc1O)n2C1CCC(CO)O1. The molecule has 8 nitrogen and oxygen atoms in total. The van der Waals surface area contributed by atoms with Gasteiger partial charge in [0.15, 0.2) is 5.82 Å². The van der Waals surface area contributed by atoms with Crippen LogP contribution in [0.4, 0.5) is 11.8 Å². The second-order valence-corrected chi connectivity index (χ2v) is 7.23. The van der Waals surface area contributed by atoms with Gasteiger partial charge in [-0.2, -0.15) is 0 Å². The fourth-order valence-electron chi connectivity index (χ4n) is 3.53. The summed E-state index contributed by atoms with van der Waals surface area (Å²) in [6.45, 7) is 0.535. The summed E-state index contributed by atoms with van der Waals surface area (Å²) in [6.07, 6.45) is 3.36. The van der Waals surface area contributed by atoms with E-state index in [1.54, 1.807) is 18.3 Å². The number of rotatable bonds is 6. The third kappa shape index (κ3) is 3.58. The minimum atomic E-state index is -0.240. The lowest BCUT2D eigenvalue weighted by atomic mass is 10.1. The zero-order valence-corrected chi connectivity index (χ0v) is 15.9. The van der Waals surface area contributed by atoms with Crippen molar-refractivity contribution >= 4 is 34.4 Å². The molecule has 0 radical (unpaired) electrons. The number of fused-ring (bicyclic) bond motifs is 1. The molecule has 3 heterocycles. The van der Waals surface area contributed by atoms with Crippen molar-refractivity contribution in [3.63, 3.8) is 0 Å². The first kappa shape index (κ1) is 18.8. The van der Waals surface area contributed by atoms with Crippen molar-refractivity contribution < 1.29 is 14.9 Å². The van der Waals surface area contributed by atoms with Gasteiger partial charge in [0.2, 0.25) is 5.95 Å². The van der Waals surface area contributed by atoms with Gasteiger partial charge < -0.3 is 26.0 Å². The summed E-state index contributed by atoms with van der Waals surface area (Å²) in [5.74, 6) is 1.14. The van der Waals surface area contributed by atoms with Gasteiger partial charge in [-0.1, -0.05) is 17.7 Å². The van der Waals surface area contributed by atoms with Crippen molar-refractivity contribution in [1.29, 1.82) is 0 Å². The number of aromatic nitrogens is 3. The summed E-state index contributed by atoms with van der Waals surface area (Å²) < 4.78 is 7.92. The van der Waals surface area contributed by atoms with Gasteiger partial charge in [0.05, 0.1) is 18.2 Å². The van der Waals surface area contributed by atoms with E-state index in [0.29, 0.717) is 35.3 Å². The second-order valence-electron chi connectivity index (χ2n) is 6.79. The normalized spacial score (nSPS) is 19.4. The van der Waals surface area contributed by atoms with Crippen LogP contribution in [0.25, 0.3) is 11.0 Å². The number of imidazole rings is 1. The van der Waals surface area contributed by atoms with Crippen molar-refractivity contribution in [2.75, 3.05) is 24.2 Å². The summed E-state index contributed by atoms with van der Waals surface area (Å²) in [6, 6.07) is 6.93. The van der Waals surface area contributed by atoms with E-state index in [1.165, 1.54) is 6.07 Å². The van der Waals surface area contributed by atoms with Crippen LogP contribution in [-0.2, 0) is 11.2 Å². The number of phenolic OH excluding ortho intramolecular Hbond substituents is 1. The van der Waals surface area contributed by atoms with Crippen LogP contribution in [0.5, 0.6) is 5.75 Å². The molecule has 2 atom stereocenters. The van der Waals surface area contributed by atoms with Crippen LogP contribution in [0.2, 0.25) is 5.02 Å². The Morgan fingerprint density at radius 1 is 1.32 bits per heavy atom. The van der Waals surface area contributed by atoms with Gasteiger partial charge in [-0.05, 0) is 43.0 Å². The monoisotopic (exact) mass is 403 g/mol. The highest BCUT2D eigenvalue weighted by Crippen LogP contribution is 2.35. The summed E-state index contributed by atoms with van der Waals surface area (Å²) in [7, 11) is 0. The molecule has 0 amide bonds. The molecule has 28 heavy (non-hydrogen) atoms. The molecule has 1 aliphatic rings. The number of phenols is 1. The molecule has 1 fully saturated rings. The Kier molecular flexibility index (Phi) is 5.25. The van der Waals surface area contributed by atoms with E-state index >= 15 is 0 Å². The van der Waals surface area contributed by atoms with E-state index in [4.69, 9.17) is 22.1 Å². The predicted octanol–water partition coefficient (Wildman–Crippen LogP) is 2.70. The molecular weight excluding hydrogens is 382 g/mol. The number of aliphatic hydroxyl groups excluding tert-OH is 1. The average Bonchev–Trinajstić information content (AvgIpc) is 3.28. The number of nitrogens with two attached hydrogens (primary N) is 1. The van der Waals surface area contributed by atoms with Crippen molar-refractivity contribution in [2.45, 2.75) is 31.6 Å². The molecule has 0 spiro atoms.